The van der Waals surface area contributed by atoms with Gasteiger partial charge in [0, 0.05) is 24.9 Å². The van der Waals surface area contributed by atoms with Crippen molar-refractivity contribution in [2.75, 3.05) is 5.88 Å². The number of benzene rings is 1. The van der Waals surface area contributed by atoms with Crippen LogP contribution in [0.4, 0.5) is 4.39 Å². The second-order valence-corrected chi connectivity index (χ2v) is 5.19. The number of rotatable bonds is 7. The number of nitrogens with zero attached hydrogens (tertiary/aromatic N) is 2. The van der Waals surface area contributed by atoms with Crippen molar-refractivity contribution in [2.24, 2.45) is 0 Å². The van der Waals surface area contributed by atoms with Crippen LogP contribution in [0.5, 0.6) is 0 Å². The third-order valence-electron chi connectivity index (χ3n) is 3.34. The van der Waals surface area contributed by atoms with Crippen LogP contribution in [0, 0.1) is 5.82 Å². The van der Waals surface area contributed by atoms with Gasteiger partial charge in [-0.1, -0.05) is 26.2 Å². The van der Waals surface area contributed by atoms with Gasteiger partial charge in [0.05, 0.1) is 11.0 Å². The number of hydrogen-bond acceptors (Lipinski definition) is 1. The summed E-state index contributed by atoms with van der Waals surface area (Å²) < 4.78 is 15.4. The maximum atomic E-state index is 13.2. The van der Waals surface area contributed by atoms with Crippen LogP contribution in [0.25, 0.3) is 11.0 Å². The van der Waals surface area contributed by atoms with Crippen LogP contribution in [0.2, 0.25) is 0 Å². The van der Waals surface area contributed by atoms with Gasteiger partial charge >= 0.3 is 0 Å². The first-order valence-corrected chi connectivity index (χ1v) is 7.50. The predicted octanol–water partition coefficient (Wildman–Crippen LogP) is 4.54. The molecule has 4 heteroatoms. The fourth-order valence-electron chi connectivity index (χ4n) is 2.37. The highest BCUT2D eigenvalue weighted by molar-refractivity contribution is 6.17. The number of alkyl halides is 1. The quantitative estimate of drug-likeness (QED) is 0.539. The standard InChI is InChI=1S/C15H20ClFN2/c1-2-3-4-5-10-19-14-7-6-12(17)11-13(14)18-15(19)8-9-16/h6-7,11H,2-5,8-10H2,1H3. The van der Waals surface area contributed by atoms with Gasteiger partial charge in [0.2, 0.25) is 0 Å². The Labute approximate surface area is 118 Å². The summed E-state index contributed by atoms with van der Waals surface area (Å²) in [5, 5.41) is 0. The van der Waals surface area contributed by atoms with E-state index >= 15 is 0 Å². The lowest BCUT2D eigenvalue weighted by atomic mass is 10.2. The van der Waals surface area contributed by atoms with Crippen molar-refractivity contribution in [3.8, 4) is 0 Å². The number of hydrogen-bond donors (Lipinski definition) is 0. The van der Waals surface area contributed by atoms with E-state index in [2.05, 4.69) is 16.5 Å². The topological polar surface area (TPSA) is 17.8 Å². The molecule has 0 saturated carbocycles. The molecule has 0 fully saturated rings. The van der Waals surface area contributed by atoms with Crippen LogP contribution in [0.1, 0.15) is 38.4 Å². The van der Waals surface area contributed by atoms with Crippen molar-refractivity contribution in [1.82, 2.24) is 9.55 Å². The molecule has 1 heterocycles. The molecule has 0 aliphatic heterocycles. The molecule has 2 rings (SSSR count). The minimum absolute atomic E-state index is 0.236. The van der Waals surface area contributed by atoms with Crippen LogP contribution in [-0.4, -0.2) is 15.4 Å². The highest BCUT2D eigenvalue weighted by atomic mass is 35.5. The minimum Gasteiger partial charge on any atom is -0.328 e. The van der Waals surface area contributed by atoms with Gasteiger partial charge in [0.1, 0.15) is 11.6 Å². The summed E-state index contributed by atoms with van der Waals surface area (Å²) in [6.45, 7) is 3.14. The molecular weight excluding hydrogens is 263 g/mol. The number of aryl methyl sites for hydroxylation is 2. The highest BCUT2D eigenvalue weighted by Crippen LogP contribution is 2.19. The number of unbranched alkanes of at least 4 members (excludes halogenated alkanes) is 3. The molecule has 0 unspecified atom stereocenters. The lowest BCUT2D eigenvalue weighted by Gasteiger charge is -2.08. The summed E-state index contributed by atoms with van der Waals surface area (Å²) in [6, 6.07) is 4.81. The fraction of sp³-hybridized carbons (Fsp3) is 0.533. The average molecular weight is 283 g/mol. The molecule has 0 radical (unpaired) electrons. The van der Waals surface area contributed by atoms with Crippen molar-refractivity contribution in [2.45, 2.75) is 45.6 Å². The molecule has 2 aromatic rings. The van der Waals surface area contributed by atoms with Gasteiger partial charge in [0.25, 0.3) is 0 Å². The number of imidazole rings is 1. The second-order valence-electron chi connectivity index (χ2n) is 4.81. The molecule has 0 saturated heterocycles. The Kier molecular flexibility index (Phi) is 5.20. The Bertz CT molecular complexity index is 536. The molecule has 0 amide bonds. The normalized spacial score (nSPS) is 11.3. The third kappa shape index (κ3) is 3.47. The van der Waals surface area contributed by atoms with E-state index in [1.807, 2.05) is 6.07 Å². The Morgan fingerprint density at radius 3 is 2.84 bits per heavy atom. The van der Waals surface area contributed by atoms with Crippen LogP contribution >= 0.6 is 11.6 Å². The van der Waals surface area contributed by atoms with E-state index < -0.39 is 0 Å². The first-order chi connectivity index (χ1) is 9.26. The highest BCUT2D eigenvalue weighted by Gasteiger charge is 2.10. The van der Waals surface area contributed by atoms with Crippen molar-refractivity contribution < 1.29 is 4.39 Å². The van der Waals surface area contributed by atoms with Crippen molar-refractivity contribution in [3.05, 3.63) is 29.8 Å². The smallest absolute Gasteiger partial charge is 0.125 e. The molecule has 0 atom stereocenters. The van der Waals surface area contributed by atoms with Gasteiger partial charge in [-0.2, -0.15) is 0 Å². The number of aromatic nitrogens is 2. The number of fused-ring (bicyclic) bond motifs is 1. The largest absolute Gasteiger partial charge is 0.328 e. The first kappa shape index (κ1) is 14.3. The van der Waals surface area contributed by atoms with E-state index in [4.69, 9.17) is 11.6 Å². The van der Waals surface area contributed by atoms with Gasteiger partial charge in [0.15, 0.2) is 0 Å². The van der Waals surface area contributed by atoms with E-state index in [1.54, 1.807) is 0 Å². The van der Waals surface area contributed by atoms with Crippen LogP contribution < -0.4 is 0 Å². The first-order valence-electron chi connectivity index (χ1n) is 6.97. The molecule has 0 bridgehead atoms. The SMILES string of the molecule is CCCCCCn1c(CCCl)nc2cc(F)ccc21. The van der Waals surface area contributed by atoms with Gasteiger partial charge in [-0.05, 0) is 18.6 Å². The van der Waals surface area contributed by atoms with Gasteiger partial charge in [-0.25, -0.2) is 9.37 Å². The Balaban J connectivity index is 2.24. The van der Waals surface area contributed by atoms with E-state index in [0.717, 1.165) is 36.2 Å². The molecule has 1 aromatic heterocycles. The lowest BCUT2D eigenvalue weighted by Crippen LogP contribution is -2.05. The maximum Gasteiger partial charge on any atom is 0.125 e. The van der Waals surface area contributed by atoms with Crippen LogP contribution in [0.3, 0.4) is 0 Å². The molecule has 0 aliphatic carbocycles. The molecule has 0 aliphatic rings. The Morgan fingerprint density at radius 1 is 1.26 bits per heavy atom. The molecule has 0 N–H and O–H groups in total. The van der Waals surface area contributed by atoms with E-state index in [1.165, 1.54) is 31.4 Å². The third-order valence-corrected chi connectivity index (χ3v) is 3.53. The van der Waals surface area contributed by atoms with E-state index in [0.29, 0.717) is 5.88 Å². The predicted molar refractivity (Wildman–Crippen MR) is 78.3 cm³/mol. The molecule has 19 heavy (non-hydrogen) atoms. The van der Waals surface area contributed by atoms with Crippen molar-refractivity contribution >= 4 is 22.6 Å². The Morgan fingerprint density at radius 2 is 2.11 bits per heavy atom. The summed E-state index contributed by atoms with van der Waals surface area (Å²) in [5.74, 6) is 1.27. The average Bonchev–Trinajstić information content (AvgIpc) is 2.72. The lowest BCUT2D eigenvalue weighted by molar-refractivity contribution is 0.576. The van der Waals surface area contributed by atoms with Crippen molar-refractivity contribution in [1.29, 1.82) is 0 Å². The zero-order chi connectivity index (χ0) is 13.7. The van der Waals surface area contributed by atoms with E-state index in [9.17, 15) is 4.39 Å². The van der Waals surface area contributed by atoms with Crippen LogP contribution in [0.15, 0.2) is 18.2 Å². The number of halogens is 2. The molecule has 2 nitrogen and oxygen atoms in total. The monoisotopic (exact) mass is 282 g/mol. The summed E-state index contributed by atoms with van der Waals surface area (Å²) in [6.07, 6.45) is 5.56. The summed E-state index contributed by atoms with van der Waals surface area (Å²) in [4.78, 5) is 4.50. The molecule has 1 aromatic carbocycles. The maximum absolute atomic E-state index is 13.2. The van der Waals surface area contributed by atoms with E-state index in [-0.39, 0.29) is 5.82 Å². The van der Waals surface area contributed by atoms with Crippen LogP contribution in [-0.2, 0) is 13.0 Å². The second kappa shape index (κ2) is 6.90. The molecule has 104 valence electrons. The molecular formula is C15H20ClFN2. The zero-order valence-corrected chi connectivity index (χ0v) is 12.1. The van der Waals surface area contributed by atoms with Gasteiger partial charge < -0.3 is 4.57 Å². The Hall–Kier alpha value is -1.09. The summed E-state index contributed by atoms with van der Waals surface area (Å²) in [5.41, 5.74) is 1.74. The zero-order valence-electron chi connectivity index (χ0n) is 11.3. The summed E-state index contributed by atoms with van der Waals surface area (Å²) >= 11 is 5.82. The van der Waals surface area contributed by atoms with Gasteiger partial charge in [-0.3, -0.25) is 0 Å². The van der Waals surface area contributed by atoms with Crippen molar-refractivity contribution in [3.63, 3.8) is 0 Å². The minimum atomic E-state index is -0.236. The van der Waals surface area contributed by atoms with Gasteiger partial charge in [-0.15, -0.1) is 11.6 Å². The molecule has 0 spiro atoms. The summed E-state index contributed by atoms with van der Waals surface area (Å²) in [7, 11) is 0. The fourth-order valence-corrected chi connectivity index (χ4v) is 2.54.